The van der Waals surface area contributed by atoms with E-state index in [9.17, 15) is 8.78 Å². The molecule has 1 atom stereocenters. The molecule has 2 aromatic rings. The number of anilines is 1. The standard InChI is InChI=1S/C22H28F2N4O3/c1-28-8-3-4-15(11-28)25-22-18-12-30-9-7-16(18)20(26-27-22)17-6-5-14(21(23)24)10-19(17)31-13-29-2/h5-6,10,15,21H,3-4,7-9,11-13H2,1-2H3,(H,25,27)/t15-/m1/s1. The highest BCUT2D eigenvalue weighted by molar-refractivity contribution is 5.73. The maximum absolute atomic E-state index is 13.2. The Kier molecular flexibility index (Phi) is 6.94. The quantitative estimate of drug-likeness (QED) is 0.667. The molecule has 0 amide bonds. The molecule has 4 rings (SSSR count). The van der Waals surface area contributed by atoms with Gasteiger partial charge >= 0.3 is 0 Å². The Morgan fingerprint density at radius 2 is 2.16 bits per heavy atom. The van der Waals surface area contributed by atoms with Crippen LogP contribution in [-0.4, -0.2) is 61.8 Å². The summed E-state index contributed by atoms with van der Waals surface area (Å²) < 4.78 is 42.8. The fraction of sp³-hybridized carbons (Fsp3) is 0.545. The lowest BCUT2D eigenvalue weighted by Gasteiger charge is -2.31. The maximum atomic E-state index is 13.2. The average Bonchev–Trinajstić information content (AvgIpc) is 2.78. The largest absolute Gasteiger partial charge is 0.467 e. The summed E-state index contributed by atoms with van der Waals surface area (Å²) in [6.07, 6.45) is 0.287. The van der Waals surface area contributed by atoms with Crippen molar-refractivity contribution in [1.29, 1.82) is 0 Å². The van der Waals surface area contributed by atoms with E-state index in [1.165, 1.54) is 19.2 Å². The smallest absolute Gasteiger partial charge is 0.263 e. The number of nitrogens with one attached hydrogen (secondary N) is 1. The molecule has 1 saturated heterocycles. The van der Waals surface area contributed by atoms with E-state index < -0.39 is 6.43 Å². The average molecular weight is 434 g/mol. The Morgan fingerprint density at radius 1 is 1.29 bits per heavy atom. The van der Waals surface area contributed by atoms with E-state index in [-0.39, 0.29) is 12.4 Å². The Morgan fingerprint density at radius 3 is 2.94 bits per heavy atom. The number of halogens is 2. The molecule has 9 heteroatoms. The van der Waals surface area contributed by atoms with Gasteiger partial charge in [-0.25, -0.2) is 8.78 Å². The third kappa shape index (κ3) is 4.94. The number of hydrogen-bond donors (Lipinski definition) is 1. The number of methoxy groups -OCH3 is 1. The molecule has 31 heavy (non-hydrogen) atoms. The molecule has 0 radical (unpaired) electrons. The predicted octanol–water partition coefficient (Wildman–Crippen LogP) is 3.64. The highest BCUT2D eigenvalue weighted by Crippen LogP contribution is 2.38. The number of likely N-dealkylation sites (tertiary alicyclic amines) is 1. The van der Waals surface area contributed by atoms with Crippen LogP contribution in [-0.2, 0) is 22.5 Å². The van der Waals surface area contributed by atoms with Crippen LogP contribution in [0.3, 0.4) is 0 Å². The second-order valence-corrected chi connectivity index (χ2v) is 8.01. The molecule has 1 fully saturated rings. The van der Waals surface area contributed by atoms with E-state index in [2.05, 4.69) is 27.5 Å². The molecular weight excluding hydrogens is 406 g/mol. The number of aromatic nitrogens is 2. The van der Waals surface area contributed by atoms with Crippen LogP contribution in [0.2, 0.25) is 0 Å². The van der Waals surface area contributed by atoms with Gasteiger partial charge in [-0.1, -0.05) is 6.07 Å². The molecular formula is C22H28F2N4O3. The van der Waals surface area contributed by atoms with Crippen LogP contribution in [0.25, 0.3) is 11.3 Å². The second kappa shape index (κ2) is 9.84. The Hall–Kier alpha value is -2.36. The minimum absolute atomic E-state index is 0.0484. The van der Waals surface area contributed by atoms with E-state index >= 15 is 0 Å². The highest BCUT2D eigenvalue weighted by atomic mass is 19.3. The molecule has 0 aliphatic carbocycles. The molecule has 1 N–H and O–H groups in total. The van der Waals surface area contributed by atoms with Crippen molar-refractivity contribution in [2.75, 3.05) is 46.0 Å². The summed E-state index contributed by atoms with van der Waals surface area (Å²) >= 11 is 0. The number of benzene rings is 1. The fourth-order valence-corrected chi connectivity index (χ4v) is 4.20. The normalized spacial score (nSPS) is 19.3. The summed E-state index contributed by atoms with van der Waals surface area (Å²) in [5.41, 5.74) is 3.13. The van der Waals surface area contributed by atoms with Crippen molar-refractivity contribution in [3.8, 4) is 17.0 Å². The maximum Gasteiger partial charge on any atom is 0.263 e. The van der Waals surface area contributed by atoms with Gasteiger partial charge in [-0.3, -0.25) is 0 Å². The summed E-state index contributed by atoms with van der Waals surface area (Å²) in [4.78, 5) is 2.30. The number of likely N-dealkylation sites (N-methyl/N-ethyl adjacent to an activating group) is 1. The summed E-state index contributed by atoms with van der Waals surface area (Å²) in [6, 6.07) is 4.67. The minimum Gasteiger partial charge on any atom is -0.467 e. The first-order valence-electron chi connectivity index (χ1n) is 10.5. The van der Waals surface area contributed by atoms with Gasteiger partial charge in [0.1, 0.15) is 11.4 Å². The van der Waals surface area contributed by atoms with Crippen LogP contribution >= 0.6 is 0 Å². The van der Waals surface area contributed by atoms with Crippen LogP contribution in [0.4, 0.5) is 14.6 Å². The summed E-state index contributed by atoms with van der Waals surface area (Å²) in [5, 5.41) is 12.5. The molecule has 0 saturated carbocycles. The van der Waals surface area contributed by atoms with Crippen LogP contribution in [0.1, 0.15) is 36.0 Å². The van der Waals surface area contributed by atoms with Gasteiger partial charge in [0.25, 0.3) is 6.43 Å². The van der Waals surface area contributed by atoms with Gasteiger partial charge in [-0.2, -0.15) is 0 Å². The first-order chi connectivity index (χ1) is 15.1. The van der Waals surface area contributed by atoms with Crippen molar-refractivity contribution in [3.05, 3.63) is 34.9 Å². The summed E-state index contributed by atoms with van der Waals surface area (Å²) in [7, 11) is 3.60. The van der Waals surface area contributed by atoms with E-state index in [4.69, 9.17) is 14.2 Å². The van der Waals surface area contributed by atoms with Gasteiger partial charge in [0.15, 0.2) is 12.6 Å². The number of ether oxygens (including phenoxy) is 3. The molecule has 0 bridgehead atoms. The Bertz CT molecular complexity index is 913. The third-order valence-corrected chi connectivity index (χ3v) is 5.74. The molecule has 168 valence electrons. The van der Waals surface area contributed by atoms with Crippen LogP contribution in [0.5, 0.6) is 5.75 Å². The molecule has 1 aromatic heterocycles. The first-order valence-corrected chi connectivity index (χ1v) is 10.5. The number of rotatable bonds is 7. The topological polar surface area (TPSA) is 68.7 Å². The number of piperidine rings is 1. The van der Waals surface area contributed by atoms with Crippen LogP contribution in [0, 0.1) is 0 Å². The predicted molar refractivity (Wildman–Crippen MR) is 112 cm³/mol. The number of hydrogen-bond acceptors (Lipinski definition) is 7. The van der Waals surface area contributed by atoms with Crippen molar-refractivity contribution in [1.82, 2.24) is 15.1 Å². The zero-order chi connectivity index (χ0) is 21.8. The summed E-state index contributed by atoms with van der Waals surface area (Å²) in [5.74, 6) is 1.04. The lowest BCUT2D eigenvalue weighted by molar-refractivity contribution is 0.0511. The van der Waals surface area contributed by atoms with Crippen molar-refractivity contribution >= 4 is 5.82 Å². The SMILES string of the molecule is COCOc1cc(C(F)F)ccc1-c1nnc(N[C@@H]2CCCN(C)C2)c2c1CCOC2. The lowest BCUT2D eigenvalue weighted by atomic mass is 9.96. The van der Waals surface area contributed by atoms with E-state index in [0.29, 0.717) is 42.7 Å². The van der Waals surface area contributed by atoms with Gasteiger partial charge in [-0.05, 0) is 50.6 Å². The molecule has 3 heterocycles. The Balaban J connectivity index is 1.71. The number of fused-ring (bicyclic) bond motifs is 1. The summed E-state index contributed by atoms with van der Waals surface area (Å²) in [6.45, 7) is 3.01. The molecule has 1 aromatic carbocycles. The van der Waals surface area contributed by atoms with E-state index in [1.54, 1.807) is 6.07 Å². The van der Waals surface area contributed by atoms with Gasteiger partial charge in [0, 0.05) is 36.4 Å². The monoisotopic (exact) mass is 434 g/mol. The Labute approximate surface area is 180 Å². The third-order valence-electron chi connectivity index (χ3n) is 5.74. The zero-order valence-electron chi connectivity index (χ0n) is 17.9. The van der Waals surface area contributed by atoms with Crippen molar-refractivity contribution < 1.29 is 23.0 Å². The molecule has 2 aliphatic rings. The van der Waals surface area contributed by atoms with Crippen molar-refractivity contribution in [2.45, 2.75) is 38.3 Å². The zero-order valence-corrected chi connectivity index (χ0v) is 17.9. The van der Waals surface area contributed by atoms with Crippen molar-refractivity contribution in [3.63, 3.8) is 0 Å². The molecule has 7 nitrogen and oxygen atoms in total. The molecule has 2 aliphatic heterocycles. The van der Waals surface area contributed by atoms with Crippen LogP contribution < -0.4 is 10.1 Å². The molecule has 0 spiro atoms. The first kappa shape index (κ1) is 21.9. The highest BCUT2D eigenvalue weighted by Gasteiger charge is 2.26. The van der Waals surface area contributed by atoms with Gasteiger partial charge in [0.05, 0.1) is 13.2 Å². The number of alkyl halides is 2. The van der Waals surface area contributed by atoms with Crippen LogP contribution in [0.15, 0.2) is 18.2 Å². The van der Waals surface area contributed by atoms with Gasteiger partial charge in [-0.15, -0.1) is 10.2 Å². The molecule has 0 unspecified atom stereocenters. The minimum atomic E-state index is -2.59. The lowest BCUT2D eigenvalue weighted by Crippen LogP contribution is -2.40. The second-order valence-electron chi connectivity index (χ2n) is 8.01. The number of nitrogens with zero attached hydrogens (tertiary/aromatic N) is 3. The fourth-order valence-electron chi connectivity index (χ4n) is 4.20. The van der Waals surface area contributed by atoms with E-state index in [1.807, 2.05) is 0 Å². The van der Waals surface area contributed by atoms with Gasteiger partial charge in [0.2, 0.25) is 0 Å². The van der Waals surface area contributed by atoms with Gasteiger partial charge < -0.3 is 24.4 Å². The van der Waals surface area contributed by atoms with Crippen molar-refractivity contribution in [2.24, 2.45) is 0 Å². The van der Waals surface area contributed by atoms with E-state index in [0.717, 1.165) is 42.9 Å².